The molecule has 2 aliphatic rings. The zero-order valence-electron chi connectivity index (χ0n) is 19.5. The summed E-state index contributed by atoms with van der Waals surface area (Å²) in [6, 6.07) is 23.3. The Bertz CT molecular complexity index is 1810. The number of carbonyl (C=O) groups is 2. The van der Waals surface area contributed by atoms with Crippen LogP contribution in [0.2, 0.25) is 0 Å². The molecule has 0 spiro atoms. The van der Waals surface area contributed by atoms with Crippen molar-refractivity contribution in [3.8, 4) is 0 Å². The SMILES string of the molecule is CC1=C(C(=O)Nc2ccccc2)[C@@H](c2ccccc2)n2c(s/c(=C3\C(=O)Nc4ccc(Br)cc43)c2=O)=N1. The Hall–Kier alpha value is -4.08. The minimum absolute atomic E-state index is 0.284. The summed E-state index contributed by atoms with van der Waals surface area (Å²) in [5.41, 5.74) is 3.54. The highest BCUT2D eigenvalue weighted by molar-refractivity contribution is 9.10. The Morgan fingerprint density at radius 1 is 1.03 bits per heavy atom. The molecular formula is C28H19BrN4O3S. The summed E-state index contributed by atoms with van der Waals surface area (Å²) in [4.78, 5) is 45.7. The molecule has 4 aromatic rings. The number of rotatable bonds is 3. The quantitative estimate of drug-likeness (QED) is 0.390. The number of nitrogens with zero attached hydrogens (tertiary/aromatic N) is 2. The molecule has 2 N–H and O–H groups in total. The van der Waals surface area contributed by atoms with E-state index in [-0.39, 0.29) is 21.9 Å². The fraction of sp³-hybridized carbons (Fsp3) is 0.0714. The predicted octanol–water partition coefficient (Wildman–Crippen LogP) is 3.96. The van der Waals surface area contributed by atoms with Crippen molar-refractivity contribution in [3.63, 3.8) is 0 Å². The number of anilines is 2. The maximum atomic E-state index is 14.0. The van der Waals surface area contributed by atoms with Crippen LogP contribution in [-0.4, -0.2) is 16.4 Å². The molecule has 7 nitrogen and oxygen atoms in total. The van der Waals surface area contributed by atoms with E-state index in [1.165, 1.54) is 4.57 Å². The second-order valence-corrected chi connectivity index (χ2v) is 10.5. The Kier molecular flexibility index (Phi) is 5.73. The summed E-state index contributed by atoms with van der Waals surface area (Å²) in [5.74, 6) is -0.681. The lowest BCUT2D eigenvalue weighted by molar-refractivity contribution is -0.113. The third kappa shape index (κ3) is 3.96. The van der Waals surface area contributed by atoms with Gasteiger partial charge in [0.15, 0.2) is 4.80 Å². The van der Waals surface area contributed by atoms with Crippen LogP contribution >= 0.6 is 27.3 Å². The number of thiazole rings is 1. The van der Waals surface area contributed by atoms with E-state index in [0.717, 1.165) is 21.4 Å². The molecule has 0 radical (unpaired) electrons. The van der Waals surface area contributed by atoms with Crippen LogP contribution < -0.4 is 25.5 Å². The van der Waals surface area contributed by atoms with Gasteiger partial charge >= 0.3 is 0 Å². The first-order valence-electron chi connectivity index (χ1n) is 11.5. The average molecular weight is 571 g/mol. The Labute approximate surface area is 223 Å². The Balaban J connectivity index is 1.58. The molecule has 2 aliphatic heterocycles. The number of nitrogens with one attached hydrogen (secondary N) is 2. The minimum Gasteiger partial charge on any atom is -0.322 e. The number of hydrogen-bond acceptors (Lipinski definition) is 5. The topological polar surface area (TPSA) is 92.6 Å². The predicted molar refractivity (Wildman–Crippen MR) is 147 cm³/mol. The Morgan fingerprint density at radius 3 is 2.46 bits per heavy atom. The summed E-state index contributed by atoms with van der Waals surface area (Å²) in [7, 11) is 0. The summed E-state index contributed by atoms with van der Waals surface area (Å²) >= 11 is 4.61. The Morgan fingerprint density at radius 2 is 1.73 bits per heavy atom. The lowest BCUT2D eigenvalue weighted by Gasteiger charge is -2.25. The number of amides is 2. The molecule has 37 heavy (non-hydrogen) atoms. The van der Waals surface area contributed by atoms with E-state index in [1.807, 2.05) is 60.7 Å². The normalized spacial score (nSPS) is 17.6. The van der Waals surface area contributed by atoms with Crippen LogP contribution in [0.25, 0.3) is 5.57 Å². The van der Waals surface area contributed by atoms with Gasteiger partial charge in [0.05, 0.1) is 22.9 Å². The number of para-hydroxylation sites is 1. The lowest BCUT2D eigenvalue weighted by Crippen LogP contribution is -2.41. The number of fused-ring (bicyclic) bond motifs is 2. The molecule has 9 heteroatoms. The number of benzene rings is 3. The molecule has 2 amide bonds. The van der Waals surface area contributed by atoms with E-state index in [2.05, 4.69) is 31.6 Å². The van der Waals surface area contributed by atoms with Gasteiger partial charge in [0.25, 0.3) is 17.4 Å². The maximum Gasteiger partial charge on any atom is 0.271 e. The van der Waals surface area contributed by atoms with Crippen LogP contribution in [0.15, 0.2) is 104 Å². The van der Waals surface area contributed by atoms with Gasteiger partial charge < -0.3 is 10.6 Å². The molecule has 0 saturated heterocycles. The van der Waals surface area contributed by atoms with Gasteiger partial charge in [-0.05, 0) is 42.8 Å². The van der Waals surface area contributed by atoms with E-state index in [4.69, 9.17) is 0 Å². The summed E-state index contributed by atoms with van der Waals surface area (Å²) in [6.07, 6.45) is 0. The van der Waals surface area contributed by atoms with E-state index in [0.29, 0.717) is 38.6 Å². The van der Waals surface area contributed by atoms with Crippen molar-refractivity contribution in [2.75, 3.05) is 10.6 Å². The van der Waals surface area contributed by atoms with Gasteiger partial charge in [0, 0.05) is 21.4 Å². The number of hydrogen-bond donors (Lipinski definition) is 2. The molecule has 0 unspecified atom stereocenters. The van der Waals surface area contributed by atoms with Crippen LogP contribution in [0, 0.1) is 0 Å². The molecule has 6 rings (SSSR count). The summed E-state index contributed by atoms with van der Waals surface area (Å²) in [5, 5.41) is 5.78. The van der Waals surface area contributed by atoms with Crippen LogP contribution in [0.3, 0.4) is 0 Å². The molecular weight excluding hydrogens is 552 g/mol. The van der Waals surface area contributed by atoms with Crippen LogP contribution in [0.5, 0.6) is 0 Å². The van der Waals surface area contributed by atoms with Gasteiger partial charge in [-0.15, -0.1) is 0 Å². The van der Waals surface area contributed by atoms with Crippen molar-refractivity contribution in [2.45, 2.75) is 13.0 Å². The average Bonchev–Trinajstić information content (AvgIpc) is 3.38. The van der Waals surface area contributed by atoms with Crippen molar-refractivity contribution in [2.24, 2.45) is 4.99 Å². The molecule has 3 aromatic carbocycles. The standard InChI is InChI=1S/C28H19BrN4O3S/c1-15-21(25(34)31-18-10-6-3-7-11-18)23(16-8-4-2-5-9-16)33-27(36)24(37-28(33)30-15)22-19-14-17(29)12-13-20(19)32-26(22)35/h2-14,23H,1H3,(H,31,34)(H,32,35)/b24-22-/t23-/m1/s1. The second kappa shape index (κ2) is 9.10. The van der Waals surface area contributed by atoms with Crippen LogP contribution in [0.4, 0.5) is 11.4 Å². The minimum atomic E-state index is -0.707. The molecule has 0 aliphatic carbocycles. The van der Waals surface area contributed by atoms with Crippen molar-refractivity contribution in [1.82, 2.24) is 4.57 Å². The molecule has 182 valence electrons. The highest BCUT2D eigenvalue weighted by Crippen LogP contribution is 2.33. The molecule has 0 fully saturated rings. The van der Waals surface area contributed by atoms with Gasteiger partial charge in [-0.2, -0.15) is 0 Å². The van der Waals surface area contributed by atoms with E-state index < -0.39 is 6.04 Å². The van der Waals surface area contributed by atoms with Gasteiger partial charge in [-0.1, -0.05) is 75.8 Å². The lowest BCUT2D eigenvalue weighted by atomic mass is 9.95. The molecule has 0 saturated carbocycles. The van der Waals surface area contributed by atoms with Gasteiger partial charge in [-0.3, -0.25) is 19.0 Å². The van der Waals surface area contributed by atoms with E-state index in [1.54, 1.807) is 25.1 Å². The fourth-order valence-corrected chi connectivity index (χ4v) is 6.20. The number of allylic oxidation sites excluding steroid dienone is 1. The second-order valence-electron chi connectivity index (χ2n) is 8.65. The number of aromatic nitrogens is 1. The molecule has 3 heterocycles. The summed E-state index contributed by atoms with van der Waals surface area (Å²) < 4.78 is 2.61. The first-order valence-corrected chi connectivity index (χ1v) is 13.1. The van der Waals surface area contributed by atoms with E-state index in [9.17, 15) is 14.4 Å². The van der Waals surface area contributed by atoms with Crippen LogP contribution in [-0.2, 0) is 9.59 Å². The third-order valence-electron chi connectivity index (χ3n) is 6.34. The number of carbonyl (C=O) groups excluding carboxylic acids is 2. The largest absolute Gasteiger partial charge is 0.322 e. The smallest absolute Gasteiger partial charge is 0.271 e. The maximum absolute atomic E-state index is 14.0. The van der Waals surface area contributed by atoms with Gasteiger partial charge in [-0.25, -0.2) is 4.99 Å². The van der Waals surface area contributed by atoms with Gasteiger partial charge in [0.1, 0.15) is 4.53 Å². The molecule has 1 aromatic heterocycles. The highest BCUT2D eigenvalue weighted by atomic mass is 79.9. The fourth-order valence-electron chi connectivity index (χ4n) is 4.70. The number of halogens is 1. The summed E-state index contributed by atoms with van der Waals surface area (Å²) in [6.45, 7) is 1.77. The zero-order chi connectivity index (χ0) is 25.7. The first-order chi connectivity index (χ1) is 17.9. The zero-order valence-corrected chi connectivity index (χ0v) is 21.9. The van der Waals surface area contributed by atoms with Crippen molar-refractivity contribution in [1.29, 1.82) is 0 Å². The van der Waals surface area contributed by atoms with Crippen molar-refractivity contribution in [3.05, 3.63) is 125 Å². The molecule has 1 atom stereocenters. The highest BCUT2D eigenvalue weighted by Gasteiger charge is 2.34. The van der Waals surface area contributed by atoms with E-state index >= 15 is 0 Å². The monoisotopic (exact) mass is 570 g/mol. The first kappa shape index (κ1) is 23.3. The van der Waals surface area contributed by atoms with Crippen molar-refractivity contribution >= 4 is 56.0 Å². The van der Waals surface area contributed by atoms with Gasteiger partial charge in [0.2, 0.25) is 0 Å². The third-order valence-corrected chi connectivity index (χ3v) is 7.89. The molecule has 0 bridgehead atoms. The van der Waals surface area contributed by atoms with Crippen LogP contribution in [0.1, 0.15) is 24.1 Å². The van der Waals surface area contributed by atoms with Crippen molar-refractivity contribution < 1.29 is 9.59 Å².